The third kappa shape index (κ3) is 2.98. The fourth-order valence-corrected chi connectivity index (χ4v) is 2.48. The molecule has 0 aliphatic rings. The zero-order chi connectivity index (χ0) is 14.0. The van der Waals surface area contributed by atoms with Crippen molar-refractivity contribution in [1.29, 1.82) is 0 Å². The van der Waals surface area contributed by atoms with Crippen molar-refractivity contribution in [3.8, 4) is 11.6 Å². The molecule has 0 atom stereocenters. The van der Waals surface area contributed by atoms with Crippen molar-refractivity contribution < 1.29 is 14.3 Å². The van der Waals surface area contributed by atoms with Gasteiger partial charge in [0.05, 0.1) is 5.75 Å². The Morgan fingerprint density at radius 3 is 2.74 bits per heavy atom. The first-order valence-electron chi connectivity index (χ1n) is 5.85. The van der Waals surface area contributed by atoms with Gasteiger partial charge in [0.15, 0.2) is 10.9 Å². The number of hydrogen-bond acceptors (Lipinski definition) is 5. The zero-order valence-corrected chi connectivity index (χ0v) is 11.8. The van der Waals surface area contributed by atoms with E-state index in [0.29, 0.717) is 16.7 Å². The van der Waals surface area contributed by atoms with E-state index in [1.54, 1.807) is 0 Å². The molecule has 0 amide bonds. The van der Waals surface area contributed by atoms with Crippen LogP contribution in [0, 0.1) is 6.92 Å². The number of aliphatic carboxylic acids is 1. The molecule has 2 aromatic heterocycles. The lowest BCUT2D eigenvalue weighted by molar-refractivity contribution is -0.133. The topological polar surface area (TPSA) is 81.1 Å². The van der Waals surface area contributed by atoms with Crippen LogP contribution < -0.4 is 0 Å². The van der Waals surface area contributed by atoms with Gasteiger partial charge in [0.1, 0.15) is 5.76 Å². The number of rotatable bonds is 5. The van der Waals surface area contributed by atoms with Crippen LogP contribution in [0.2, 0.25) is 0 Å². The third-order valence-corrected chi connectivity index (χ3v) is 3.39. The van der Waals surface area contributed by atoms with E-state index in [-0.39, 0.29) is 11.8 Å². The number of thioether (sulfide) groups is 1. The summed E-state index contributed by atoms with van der Waals surface area (Å²) in [4.78, 5) is 10.6. The van der Waals surface area contributed by atoms with Crippen molar-refractivity contribution in [2.45, 2.75) is 32.0 Å². The molecule has 0 spiro atoms. The Balaban J connectivity index is 2.37. The highest BCUT2D eigenvalue weighted by molar-refractivity contribution is 7.99. The van der Waals surface area contributed by atoms with Crippen LogP contribution in [0.25, 0.3) is 11.6 Å². The zero-order valence-electron chi connectivity index (χ0n) is 11.0. The number of hydrogen-bond donors (Lipinski definition) is 1. The predicted molar refractivity (Wildman–Crippen MR) is 71.2 cm³/mol. The van der Waals surface area contributed by atoms with Gasteiger partial charge in [-0.3, -0.25) is 9.36 Å². The first-order chi connectivity index (χ1) is 8.99. The van der Waals surface area contributed by atoms with Crippen molar-refractivity contribution >= 4 is 17.7 Å². The summed E-state index contributed by atoms with van der Waals surface area (Å²) in [7, 11) is 0. The Bertz CT molecular complexity index is 589. The minimum atomic E-state index is -0.876. The van der Waals surface area contributed by atoms with Crippen LogP contribution in [-0.4, -0.2) is 31.6 Å². The number of carbonyl (C=O) groups is 1. The fourth-order valence-electron chi connectivity index (χ4n) is 1.69. The van der Waals surface area contributed by atoms with Gasteiger partial charge in [0.25, 0.3) is 0 Å². The molecule has 2 aromatic rings. The highest BCUT2D eigenvalue weighted by Gasteiger charge is 2.19. The van der Waals surface area contributed by atoms with Crippen LogP contribution in [0.1, 0.15) is 25.6 Å². The average molecular weight is 281 g/mol. The van der Waals surface area contributed by atoms with Crippen molar-refractivity contribution in [3.63, 3.8) is 0 Å². The Morgan fingerprint density at radius 1 is 1.47 bits per heavy atom. The summed E-state index contributed by atoms with van der Waals surface area (Å²) in [6.45, 7) is 5.85. The van der Waals surface area contributed by atoms with Crippen LogP contribution in [0.4, 0.5) is 0 Å². The minimum absolute atomic E-state index is 0.0396. The standard InChI is InChI=1S/C12H15N3O3S/c1-7(2)15-11(9-5-4-8(3)18-9)13-14-12(15)19-6-10(16)17/h4-5,7H,6H2,1-3H3,(H,16,17). The normalized spacial score (nSPS) is 11.2. The summed E-state index contributed by atoms with van der Waals surface area (Å²) in [5.74, 6) is 1.14. The van der Waals surface area contributed by atoms with E-state index in [0.717, 1.165) is 17.5 Å². The van der Waals surface area contributed by atoms with Gasteiger partial charge in [0.2, 0.25) is 5.82 Å². The number of carboxylic acids is 1. The van der Waals surface area contributed by atoms with Crippen LogP contribution in [0.5, 0.6) is 0 Å². The highest BCUT2D eigenvalue weighted by atomic mass is 32.2. The second kappa shape index (κ2) is 5.48. The van der Waals surface area contributed by atoms with Gasteiger partial charge < -0.3 is 9.52 Å². The van der Waals surface area contributed by atoms with Crippen molar-refractivity contribution in [2.75, 3.05) is 5.75 Å². The molecule has 0 saturated heterocycles. The van der Waals surface area contributed by atoms with Gasteiger partial charge in [0, 0.05) is 6.04 Å². The second-order valence-corrected chi connectivity index (χ2v) is 5.31. The molecule has 19 heavy (non-hydrogen) atoms. The van der Waals surface area contributed by atoms with E-state index in [1.807, 2.05) is 37.5 Å². The smallest absolute Gasteiger partial charge is 0.313 e. The first kappa shape index (κ1) is 13.7. The average Bonchev–Trinajstić information content (AvgIpc) is 2.91. The van der Waals surface area contributed by atoms with Gasteiger partial charge in [-0.05, 0) is 32.9 Å². The molecule has 2 rings (SSSR count). The molecule has 0 aliphatic carbocycles. The predicted octanol–water partition coefficient (Wildman–Crippen LogP) is 2.60. The maximum absolute atomic E-state index is 10.6. The molecule has 1 N–H and O–H groups in total. The van der Waals surface area contributed by atoms with Crippen molar-refractivity contribution in [3.05, 3.63) is 17.9 Å². The van der Waals surface area contributed by atoms with Gasteiger partial charge in [-0.25, -0.2) is 0 Å². The maximum Gasteiger partial charge on any atom is 0.313 e. The van der Waals surface area contributed by atoms with E-state index < -0.39 is 5.97 Å². The largest absolute Gasteiger partial charge is 0.481 e. The van der Waals surface area contributed by atoms with E-state index >= 15 is 0 Å². The molecule has 0 fully saturated rings. The van der Waals surface area contributed by atoms with E-state index in [1.165, 1.54) is 0 Å². The summed E-state index contributed by atoms with van der Waals surface area (Å²) >= 11 is 1.15. The molecule has 0 saturated carbocycles. The highest BCUT2D eigenvalue weighted by Crippen LogP contribution is 2.28. The van der Waals surface area contributed by atoms with Crippen LogP contribution in [0.3, 0.4) is 0 Å². The Kier molecular flexibility index (Phi) is 3.94. The van der Waals surface area contributed by atoms with Crippen LogP contribution in [-0.2, 0) is 4.79 Å². The maximum atomic E-state index is 10.6. The molecule has 7 heteroatoms. The molecule has 6 nitrogen and oxygen atoms in total. The Labute approximate surface area is 114 Å². The molecule has 102 valence electrons. The summed E-state index contributed by atoms with van der Waals surface area (Å²) in [6, 6.07) is 3.81. The summed E-state index contributed by atoms with van der Waals surface area (Å²) in [5.41, 5.74) is 0. The summed E-state index contributed by atoms with van der Waals surface area (Å²) in [5, 5.41) is 17.5. The van der Waals surface area contributed by atoms with E-state index in [4.69, 9.17) is 9.52 Å². The summed E-state index contributed by atoms with van der Waals surface area (Å²) in [6.07, 6.45) is 0. The molecule has 0 unspecified atom stereocenters. The van der Waals surface area contributed by atoms with Gasteiger partial charge in [-0.1, -0.05) is 11.8 Å². The fraction of sp³-hybridized carbons (Fsp3) is 0.417. The lowest BCUT2D eigenvalue weighted by atomic mass is 10.3. The molecule has 0 aliphatic heterocycles. The molecule has 0 radical (unpaired) electrons. The molecule has 0 bridgehead atoms. The van der Waals surface area contributed by atoms with Crippen molar-refractivity contribution in [2.24, 2.45) is 0 Å². The van der Waals surface area contributed by atoms with Crippen LogP contribution >= 0.6 is 11.8 Å². The molecule has 2 heterocycles. The van der Waals surface area contributed by atoms with E-state index in [9.17, 15) is 4.79 Å². The summed E-state index contributed by atoms with van der Waals surface area (Å²) < 4.78 is 7.43. The van der Waals surface area contributed by atoms with Crippen molar-refractivity contribution in [1.82, 2.24) is 14.8 Å². The van der Waals surface area contributed by atoms with Crippen LogP contribution in [0.15, 0.2) is 21.7 Å². The Morgan fingerprint density at radius 2 is 2.21 bits per heavy atom. The third-order valence-electron chi connectivity index (χ3n) is 2.47. The van der Waals surface area contributed by atoms with Gasteiger partial charge in [-0.15, -0.1) is 10.2 Å². The number of furan rings is 1. The molecular weight excluding hydrogens is 266 g/mol. The lowest BCUT2D eigenvalue weighted by Crippen LogP contribution is -2.06. The Hall–Kier alpha value is -1.76. The second-order valence-electron chi connectivity index (χ2n) is 4.36. The number of aryl methyl sites for hydroxylation is 1. The quantitative estimate of drug-likeness (QED) is 0.848. The molecular formula is C12H15N3O3S. The van der Waals surface area contributed by atoms with Gasteiger partial charge in [-0.2, -0.15) is 0 Å². The molecule has 0 aromatic carbocycles. The van der Waals surface area contributed by atoms with Gasteiger partial charge >= 0.3 is 5.97 Å². The monoisotopic (exact) mass is 281 g/mol. The first-order valence-corrected chi connectivity index (χ1v) is 6.84. The minimum Gasteiger partial charge on any atom is -0.481 e. The SMILES string of the molecule is Cc1ccc(-c2nnc(SCC(=O)O)n2C(C)C)o1. The lowest BCUT2D eigenvalue weighted by Gasteiger charge is -2.11. The van der Waals surface area contributed by atoms with E-state index in [2.05, 4.69) is 10.2 Å². The number of aromatic nitrogens is 3. The number of carboxylic acid groups (broad SMARTS) is 1. The number of nitrogens with zero attached hydrogens (tertiary/aromatic N) is 3.